The highest BCUT2D eigenvalue weighted by Crippen LogP contribution is 2.19. The van der Waals surface area contributed by atoms with Crippen molar-refractivity contribution in [3.05, 3.63) is 11.9 Å². The molecule has 7 heteroatoms. The number of nitrogens with two attached hydrogens (primary N) is 1. The molecule has 1 unspecified atom stereocenters. The van der Waals surface area contributed by atoms with Crippen molar-refractivity contribution in [2.75, 3.05) is 36.6 Å². The second-order valence-electron chi connectivity index (χ2n) is 4.79. The first-order valence-electron chi connectivity index (χ1n) is 7.01. The van der Waals surface area contributed by atoms with Crippen LogP contribution in [0.2, 0.25) is 0 Å². The van der Waals surface area contributed by atoms with Crippen molar-refractivity contribution in [3.63, 3.8) is 0 Å². The van der Waals surface area contributed by atoms with E-state index in [0.717, 1.165) is 31.9 Å². The summed E-state index contributed by atoms with van der Waals surface area (Å²) in [5.41, 5.74) is 2.59. The number of aromatic nitrogens is 2. The van der Waals surface area contributed by atoms with Gasteiger partial charge in [-0.25, -0.2) is 15.8 Å². The van der Waals surface area contributed by atoms with Gasteiger partial charge in [-0.3, -0.25) is 0 Å². The maximum absolute atomic E-state index is 5.66. The summed E-state index contributed by atoms with van der Waals surface area (Å²) in [6.45, 7) is 7.56. The van der Waals surface area contributed by atoms with E-state index in [1.807, 2.05) is 13.0 Å². The summed E-state index contributed by atoms with van der Waals surface area (Å²) >= 11 is 0. The Labute approximate surface area is 119 Å². The Morgan fingerprint density at radius 2 is 2.40 bits per heavy atom. The van der Waals surface area contributed by atoms with Crippen molar-refractivity contribution >= 4 is 11.6 Å². The standard InChI is InChI=1S/C13H23N5O2/c1-3-19-9-12-15-11(17-14)7-13(16-12)18-5-4-6-20-10(2)8-18/h7,10H,3-6,8-9,14H2,1-2H3,(H,15,16,17). The van der Waals surface area contributed by atoms with Gasteiger partial charge in [0.15, 0.2) is 5.82 Å². The summed E-state index contributed by atoms with van der Waals surface area (Å²) < 4.78 is 11.0. The van der Waals surface area contributed by atoms with Crippen molar-refractivity contribution in [2.45, 2.75) is 33.0 Å². The Kier molecular flexibility index (Phi) is 5.51. The summed E-state index contributed by atoms with van der Waals surface area (Å²) in [5.74, 6) is 7.57. The molecule has 2 heterocycles. The van der Waals surface area contributed by atoms with Crippen molar-refractivity contribution < 1.29 is 9.47 Å². The van der Waals surface area contributed by atoms with Gasteiger partial charge in [0, 0.05) is 32.4 Å². The SMILES string of the molecule is CCOCc1nc(NN)cc(N2CCCOC(C)C2)n1. The Hall–Kier alpha value is -1.44. The number of hydrazine groups is 1. The number of nitrogens with one attached hydrogen (secondary N) is 1. The molecule has 112 valence electrons. The molecule has 0 bridgehead atoms. The molecule has 7 nitrogen and oxygen atoms in total. The largest absolute Gasteiger partial charge is 0.377 e. The highest BCUT2D eigenvalue weighted by atomic mass is 16.5. The van der Waals surface area contributed by atoms with Crippen LogP contribution < -0.4 is 16.2 Å². The summed E-state index contributed by atoms with van der Waals surface area (Å²) in [4.78, 5) is 11.1. The number of nitrogens with zero attached hydrogens (tertiary/aromatic N) is 3. The Bertz CT molecular complexity index is 429. The molecular weight excluding hydrogens is 258 g/mol. The Balaban J connectivity index is 2.19. The van der Waals surface area contributed by atoms with Gasteiger partial charge in [-0.2, -0.15) is 0 Å². The minimum atomic E-state index is 0.192. The van der Waals surface area contributed by atoms with E-state index in [1.54, 1.807) is 0 Å². The Morgan fingerprint density at radius 1 is 1.55 bits per heavy atom. The molecule has 2 rings (SSSR count). The van der Waals surface area contributed by atoms with Crippen LogP contribution in [-0.4, -0.2) is 42.4 Å². The monoisotopic (exact) mass is 281 g/mol. The minimum absolute atomic E-state index is 0.192. The normalized spacial score (nSPS) is 19.8. The number of rotatable bonds is 5. The molecule has 1 fully saturated rings. The van der Waals surface area contributed by atoms with Crippen LogP contribution in [0.1, 0.15) is 26.1 Å². The topological polar surface area (TPSA) is 85.5 Å². The second-order valence-corrected chi connectivity index (χ2v) is 4.79. The van der Waals surface area contributed by atoms with Crippen LogP contribution in [0.5, 0.6) is 0 Å². The summed E-state index contributed by atoms with van der Waals surface area (Å²) in [6, 6.07) is 1.85. The van der Waals surface area contributed by atoms with Gasteiger partial charge in [-0.1, -0.05) is 0 Å². The first kappa shape index (κ1) is 15.0. The molecule has 0 saturated carbocycles. The molecule has 1 atom stereocenters. The number of nitrogen functional groups attached to an aromatic ring is 1. The molecule has 20 heavy (non-hydrogen) atoms. The lowest BCUT2D eigenvalue weighted by Crippen LogP contribution is -2.31. The molecule has 1 aromatic rings. The smallest absolute Gasteiger partial charge is 0.158 e. The maximum atomic E-state index is 5.66. The fraction of sp³-hybridized carbons (Fsp3) is 0.692. The van der Waals surface area contributed by atoms with E-state index in [2.05, 4.69) is 27.2 Å². The summed E-state index contributed by atoms with van der Waals surface area (Å²) in [7, 11) is 0. The third-order valence-electron chi connectivity index (χ3n) is 3.12. The van der Waals surface area contributed by atoms with E-state index in [9.17, 15) is 0 Å². The van der Waals surface area contributed by atoms with Gasteiger partial charge >= 0.3 is 0 Å². The molecule has 1 aromatic heterocycles. The molecule has 0 aromatic carbocycles. The van der Waals surface area contributed by atoms with E-state index in [1.165, 1.54) is 0 Å². The zero-order valence-electron chi connectivity index (χ0n) is 12.1. The minimum Gasteiger partial charge on any atom is -0.377 e. The second kappa shape index (κ2) is 7.37. The third-order valence-corrected chi connectivity index (χ3v) is 3.12. The van der Waals surface area contributed by atoms with E-state index in [4.69, 9.17) is 15.3 Å². The van der Waals surface area contributed by atoms with Crippen LogP contribution in [0.3, 0.4) is 0 Å². The molecule has 1 aliphatic heterocycles. The van der Waals surface area contributed by atoms with Crippen LogP contribution in [0, 0.1) is 0 Å². The molecule has 0 aliphatic carbocycles. The van der Waals surface area contributed by atoms with Crippen LogP contribution in [0.25, 0.3) is 0 Å². The van der Waals surface area contributed by atoms with Gasteiger partial charge in [0.05, 0.1) is 6.10 Å². The lowest BCUT2D eigenvalue weighted by molar-refractivity contribution is 0.0820. The van der Waals surface area contributed by atoms with E-state index >= 15 is 0 Å². The molecule has 1 saturated heterocycles. The van der Waals surface area contributed by atoms with Crippen molar-refractivity contribution in [3.8, 4) is 0 Å². The lowest BCUT2D eigenvalue weighted by atomic mass is 10.3. The molecule has 0 radical (unpaired) electrons. The third kappa shape index (κ3) is 4.03. The fourth-order valence-corrected chi connectivity index (χ4v) is 2.18. The average Bonchev–Trinajstić information content (AvgIpc) is 2.69. The van der Waals surface area contributed by atoms with Gasteiger partial charge < -0.3 is 19.8 Å². The average molecular weight is 281 g/mol. The number of hydrogen-bond acceptors (Lipinski definition) is 7. The lowest BCUT2D eigenvalue weighted by Gasteiger charge is -2.24. The molecule has 0 amide bonds. The van der Waals surface area contributed by atoms with Crippen LogP contribution in [-0.2, 0) is 16.1 Å². The van der Waals surface area contributed by atoms with Gasteiger partial charge in [-0.05, 0) is 20.3 Å². The van der Waals surface area contributed by atoms with Crippen molar-refractivity contribution in [2.24, 2.45) is 5.84 Å². The highest BCUT2D eigenvalue weighted by Gasteiger charge is 2.18. The number of hydrogen-bond donors (Lipinski definition) is 2. The van der Waals surface area contributed by atoms with E-state index in [0.29, 0.717) is 24.9 Å². The fourth-order valence-electron chi connectivity index (χ4n) is 2.18. The van der Waals surface area contributed by atoms with Gasteiger partial charge in [0.25, 0.3) is 0 Å². The van der Waals surface area contributed by atoms with Crippen LogP contribution in [0.15, 0.2) is 6.07 Å². The Morgan fingerprint density at radius 3 is 3.15 bits per heavy atom. The summed E-state index contributed by atoms with van der Waals surface area (Å²) in [6.07, 6.45) is 1.18. The quantitative estimate of drug-likeness (QED) is 0.613. The van der Waals surface area contributed by atoms with Crippen molar-refractivity contribution in [1.29, 1.82) is 0 Å². The highest BCUT2D eigenvalue weighted by molar-refractivity contribution is 5.49. The zero-order chi connectivity index (χ0) is 14.4. The first-order valence-corrected chi connectivity index (χ1v) is 7.01. The van der Waals surface area contributed by atoms with Crippen LogP contribution in [0.4, 0.5) is 11.6 Å². The predicted octanol–water partition coefficient (Wildman–Crippen LogP) is 0.914. The van der Waals surface area contributed by atoms with Gasteiger partial charge in [0.1, 0.15) is 18.2 Å². The first-order chi connectivity index (χ1) is 9.72. The molecular formula is C13H23N5O2. The van der Waals surface area contributed by atoms with Crippen LogP contribution >= 0.6 is 0 Å². The molecule has 3 N–H and O–H groups in total. The predicted molar refractivity (Wildman–Crippen MR) is 77.4 cm³/mol. The van der Waals surface area contributed by atoms with E-state index in [-0.39, 0.29) is 6.10 Å². The number of ether oxygens (including phenoxy) is 2. The van der Waals surface area contributed by atoms with E-state index < -0.39 is 0 Å². The van der Waals surface area contributed by atoms with Crippen molar-refractivity contribution in [1.82, 2.24) is 9.97 Å². The van der Waals surface area contributed by atoms with Gasteiger partial charge in [-0.15, -0.1) is 0 Å². The van der Waals surface area contributed by atoms with Gasteiger partial charge in [0.2, 0.25) is 0 Å². The molecule has 1 aliphatic rings. The zero-order valence-corrected chi connectivity index (χ0v) is 12.1. The maximum Gasteiger partial charge on any atom is 0.158 e. The summed E-state index contributed by atoms with van der Waals surface area (Å²) in [5, 5.41) is 0. The molecule has 0 spiro atoms. The number of anilines is 2.